The summed E-state index contributed by atoms with van der Waals surface area (Å²) in [6.07, 6.45) is 0.561. The fourth-order valence-electron chi connectivity index (χ4n) is 3.68. The maximum Gasteiger partial charge on any atom is 0.418 e. The van der Waals surface area contributed by atoms with Crippen molar-refractivity contribution in [3.63, 3.8) is 0 Å². The molecule has 0 radical (unpaired) electrons. The van der Waals surface area contributed by atoms with Crippen LogP contribution >= 0.6 is 0 Å². The second-order valence-corrected chi connectivity index (χ2v) is 11.3. The van der Waals surface area contributed by atoms with Crippen molar-refractivity contribution in [2.45, 2.75) is 44.2 Å². The molecule has 2 aromatic heterocycles. The minimum absolute atomic E-state index is 0.109. The molecule has 4 amide bonds. The summed E-state index contributed by atoms with van der Waals surface area (Å²) in [6.45, 7) is 6.67. The van der Waals surface area contributed by atoms with E-state index in [9.17, 15) is 22.8 Å². The van der Waals surface area contributed by atoms with Gasteiger partial charge in [0.25, 0.3) is 15.9 Å². The number of pyridine rings is 1. The van der Waals surface area contributed by atoms with Crippen molar-refractivity contribution in [3.8, 4) is 0 Å². The van der Waals surface area contributed by atoms with Crippen LogP contribution in [-0.4, -0.2) is 65.5 Å². The van der Waals surface area contributed by atoms with Crippen LogP contribution in [0.25, 0.3) is 11.0 Å². The highest BCUT2D eigenvalue weighted by Gasteiger charge is 2.40. The van der Waals surface area contributed by atoms with Crippen LogP contribution in [0.2, 0.25) is 0 Å². The van der Waals surface area contributed by atoms with Crippen LogP contribution < -0.4 is 10.2 Å². The second-order valence-electron chi connectivity index (χ2n) is 9.50. The Bertz CT molecular complexity index is 1460. The number of likely N-dealkylation sites (N-methyl/N-ethyl adjacent to an activating group) is 1. The molecule has 0 spiro atoms. The Morgan fingerprint density at radius 2 is 1.78 bits per heavy atom. The average molecular weight is 514 g/mol. The number of anilines is 1. The van der Waals surface area contributed by atoms with Crippen molar-refractivity contribution in [3.05, 3.63) is 54.2 Å². The molecule has 36 heavy (non-hydrogen) atoms. The number of aryl methyl sites for hydroxylation is 1. The lowest BCUT2D eigenvalue weighted by Gasteiger charge is -2.23. The summed E-state index contributed by atoms with van der Waals surface area (Å²) >= 11 is 0. The van der Waals surface area contributed by atoms with E-state index in [0.29, 0.717) is 5.39 Å². The van der Waals surface area contributed by atoms with Gasteiger partial charge in [-0.2, -0.15) is 0 Å². The van der Waals surface area contributed by atoms with Crippen molar-refractivity contribution in [1.82, 2.24) is 19.2 Å². The number of hydrogen-bond acceptors (Lipinski definition) is 7. The molecular weight excluding hydrogens is 486 g/mol. The summed E-state index contributed by atoms with van der Waals surface area (Å²) in [6, 6.07) is 9.56. The van der Waals surface area contributed by atoms with Crippen molar-refractivity contribution >= 4 is 44.9 Å². The topological polar surface area (TPSA) is 131 Å². The van der Waals surface area contributed by atoms with E-state index in [4.69, 9.17) is 4.74 Å². The van der Waals surface area contributed by atoms with E-state index in [-0.39, 0.29) is 22.9 Å². The summed E-state index contributed by atoms with van der Waals surface area (Å²) in [7, 11) is -2.46. The number of urea groups is 1. The fraction of sp³-hybridized carbons (Fsp3) is 0.333. The number of carbonyl (C=O) groups excluding carboxylic acids is 3. The molecule has 0 saturated carbocycles. The number of nitrogens with zero attached hydrogens (tertiary/aromatic N) is 4. The number of aromatic nitrogens is 2. The molecule has 1 aliphatic rings. The number of amides is 4. The third kappa shape index (κ3) is 4.76. The van der Waals surface area contributed by atoms with Gasteiger partial charge in [-0.3, -0.25) is 9.69 Å². The Morgan fingerprint density at radius 3 is 2.42 bits per heavy atom. The predicted octanol–water partition coefficient (Wildman–Crippen LogP) is 2.87. The average Bonchev–Trinajstić information content (AvgIpc) is 3.40. The highest BCUT2D eigenvalue weighted by atomic mass is 32.2. The van der Waals surface area contributed by atoms with Gasteiger partial charge < -0.3 is 10.1 Å². The van der Waals surface area contributed by atoms with E-state index < -0.39 is 39.7 Å². The first kappa shape index (κ1) is 25.2. The van der Waals surface area contributed by atoms with Gasteiger partial charge >= 0.3 is 12.1 Å². The van der Waals surface area contributed by atoms with Gasteiger partial charge in [0.2, 0.25) is 0 Å². The molecule has 1 aromatic carbocycles. The smallest absolute Gasteiger partial charge is 0.418 e. The number of benzene rings is 1. The van der Waals surface area contributed by atoms with E-state index in [1.54, 1.807) is 51.1 Å². The van der Waals surface area contributed by atoms with Crippen LogP contribution in [0, 0.1) is 6.92 Å². The molecular formula is C24H27N5O6S. The lowest BCUT2D eigenvalue weighted by Crippen LogP contribution is -2.44. The number of ether oxygens (including phenoxy) is 1. The van der Waals surface area contributed by atoms with Gasteiger partial charge in [0.05, 0.1) is 11.4 Å². The molecule has 0 bridgehead atoms. The van der Waals surface area contributed by atoms with Gasteiger partial charge in [-0.1, -0.05) is 17.7 Å². The number of imide groups is 1. The first-order chi connectivity index (χ1) is 16.8. The molecule has 1 atom stereocenters. The van der Waals surface area contributed by atoms with E-state index in [0.717, 1.165) is 14.4 Å². The first-order valence-corrected chi connectivity index (χ1v) is 12.6. The lowest BCUT2D eigenvalue weighted by atomic mass is 10.2. The van der Waals surface area contributed by atoms with Gasteiger partial charge in [0.15, 0.2) is 5.65 Å². The molecule has 1 fully saturated rings. The molecule has 1 aliphatic heterocycles. The van der Waals surface area contributed by atoms with Gasteiger partial charge in [-0.15, -0.1) is 0 Å². The number of hydrogen-bond donors (Lipinski definition) is 1. The molecule has 12 heteroatoms. The Kier molecular flexibility index (Phi) is 6.25. The van der Waals surface area contributed by atoms with Crippen LogP contribution in [0.5, 0.6) is 0 Å². The maximum atomic E-state index is 13.2. The quantitative estimate of drug-likeness (QED) is 0.568. The highest BCUT2D eigenvalue weighted by Crippen LogP contribution is 2.24. The van der Waals surface area contributed by atoms with Gasteiger partial charge in [0, 0.05) is 18.6 Å². The zero-order chi connectivity index (χ0) is 26.4. The number of carbonyl (C=O) groups is 3. The summed E-state index contributed by atoms with van der Waals surface area (Å²) in [4.78, 5) is 44.3. The highest BCUT2D eigenvalue weighted by molar-refractivity contribution is 7.90. The van der Waals surface area contributed by atoms with Crippen molar-refractivity contribution in [2.24, 2.45) is 0 Å². The summed E-state index contributed by atoms with van der Waals surface area (Å²) in [5.74, 6) is -0.350. The number of rotatable bonds is 4. The Balaban J connectivity index is 1.59. The third-order valence-corrected chi connectivity index (χ3v) is 7.24. The zero-order valence-electron chi connectivity index (χ0n) is 20.5. The minimum Gasteiger partial charge on any atom is -0.443 e. The normalized spacial score (nSPS) is 16.2. The van der Waals surface area contributed by atoms with Gasteiger partial charge in [-0.05, 0) is 58.0 Å². The van der Waals surface area contributed by atoms with Gasteiger partial charge in [-0.25, -0.2) is 31.9 Å². The van der Waals surface area contributed by atoms with Crippen LogP contribution in [0.1, 0.15) is 26.3 Å². The lowest BCUT2D eigenvalue weighted by molar-refractivity contribution is -0.119. The largest absolute Gasteiger partial charge is 0.443 e. The molecule has 0 unspecified atom stereocenters. The van der Waals surface area contributed by atoms with Crippen LogP contribution in [0.3, 0.4) is 0 Å². The zero-order valence-corrected chi connectivity index (χ0v) is 21.4. The van der Waals surface area contributed by atoms with Crippen LogP contribution in [0.4, 0.5) is 15.4 Å². The van der Waals surface area contributed by atoms with Crippen LogP contribution in [0.15, 0.2) is 53.6 Å². The summed E-state index contributed by atoms with van der Waals surface area (Å²) < 4.78 is 32.7. The van der Waals surface area contributed by atoms with E-state index in [2.05, 4.69) is 10.3 Å². The Morgan fingerprint density at radius 1 is 1.11 bits per heavy atom. The van der Waals surface area contributed by atoms with E-state index in [1.807, 2.05) is 6.92 Å². The molecule has 1 N–H and O–H groups in total. The minimum atomic E-state index is -3.92. The molecule has 190 valence electrons. The molecule has 0 aliphatic carbocycles. The molecule has 11 nitrogen and oxygen atoms in total. The second kappa shape index (κ2) is 8.94. The fourth-order valence-corrected chi connectivity index (χ4v) is 4.98. The van der Waals surface area contributed by atoms with Crippen molar-refractivity contribution in [2.75, 3.05) is 18.5 Å². The molecule has 1 saturated heterocycles. The standard InChI is InChI=1S/C24H27N5O6S/c1-15-6-9-17(10-7-15)36(33,34)29-13-12-16-8-11-19(26-20(16)29)27(5)21(30)18-14-28(22(31)25-18)23(32)35-24(2,3)4/h6-13,18H,14H2,1-5H3,(H,25,31)/t18-/m0/s1. The number of nitrogens with one attached hydrogen (secondary N) is 1. The van der Waals surface area contributed by atoms with Crippen LogP contribution in [-0.2, 0) is 19.6 Å². The van der Waals surface area contributed by atoms with E-state index in [1.165, 1.54) is 30.3 Å². The maximum absolute atomic E-state index is 13.2. The third-order valence-electron chi connectivity index (χ3n) is 5.56. The molecule has 3 aromatic rings. The first-order valence-electron chi connectivity index (χ1n) is 11.2. The van der Waals surface area contributed by atoms with Crippen molar-refractivity contribution < 1.29 is 27.5 Å². The predicted molar refractivity (Wildman–Crippen MR) is 132 cm³/mol. The summed E-state index contributed by atoms with van der Waals surface area (Å²) in [5, 5.41) is 3.05. The monoisotopic (exact) mass is 513 g/mol. The van der Waals surface area contributed by atoms with E-state index >= 15 is 0 Å². The Labute approximate surface area is 208 Å². The number of fused-ring (bicyclic) bond motifs is 1. The van der Waals surface area contributed by atoms with Gasteiger partial charge in [0.1, 0.15) is 17.5 Å². The SMILES string of the molecule is Cc1ccc(S(=O)(=O)n2ccc3ccc(N(C)C(=O)[C@@H]4CN(C(=O)OC(C)(C)C)C(=O)N4)nc32)cc1. The summed E-state index contributed by atoms with van der Waals surface area (Å²) in [5.41, 5.74) is 0.276. The molecule has 3 heterocycles. The molecule has 4 rings (SSSR count). The van der Waals surface area contributed by atoms with Crippen molar-refractivity contribution in [1.29, 1.82) is 0 Å². The Hall–Kier alpha value is -3.93.